The van der Waals surface area contributed by atoms with Crippen LogP contribution in [0.2, 0.25) is 0 Å². The van der Waals surface area contributed by atoms with Crippen LogP contribution in [0.5, 0.6) is 0 Å². The average Bonchev–Trinajstić information content (AvgIpc) is 2.66. The molecule has 15 heavy (non-hydrogen) atoms. The van der Waals surface area contributed by atoms with Gasteiger partial charge in [0, 0.05) is 6.54 Å². The Hall–Kier alpha value is -1.31. The van der Waals surface area contributed by atoms with Gasteiger partial charge in [-0.1, -0.05) is 6.92 Å². The summed E-state index contributed by atoms with van der Waals surface area (Å²) >= 11 is 0. The molecule has 0 aliphatic carbocycles. The number of aliphatic hydroxyl groups is 1. The van der Waals surface area contributed by atoms with Crippen LogP contribution in [-0.2, 0) is 6.54 Å². The Morgan fingerprint density at radius 3 is 2.87 bits per heavy atom. The molecule has 0 spiro atoms. The van der Waals surface area contributed by atoms with E-state index < -0.39 is 5.60 Å². The zero-order valence-electron chi connectivity index (χ0n) is 9.08. The van der Waals surface area contributed by atoms with Gasteiger partial charge in [0.15, 0.2) is 0 Å². The molecule has 0 aromatic carbocycles. The third-order valence-electron chi connectivity index (χ3n) is 2.34. The molecule has 0 saturated heterocycles. The lowest BCUT2D eigenvalue weighted by molar-refractivity contribution is 0.0551. The molecule has 0 aliphatic heterocycles. The minimum atomic E-state index is -0.690. The number of nitrogens with one attached hydrogen (secondary N) is 1. The van der Waals surface area contributed by atoms with Crippen molar-refractivity contribution in [2.24, 2.45) is 0 Å². The number of hydrogen-bond acceptors (Lipinski definition) is 4. The summed E-state index contributed by atoms with van der Waals surface area (Å²) in [6.45, 7) is 4.75. The summed E-state index contributed by atoms with van der Waals surface area (Å²) < 4.78 is 5.18. The minimum Gasteiger partial charge on any atom is -0.449 e. The normalized spacial score (nSPS) is 14.5. The molecule has 1 unspecified atom stereocenters. The van der Waals surface area contributed by atoms with Gasteiger partial charge in [0.25, 0.3) is 0 Å². The monoisotopic (exact) mass is 208 g/mol. The second-order valence-corrected chi connectivity index (χ2v) is 3.83. The number of hydrogen-bond donors (Lipinski definition) is 2. The van der Waals surface area contributed by atoms with Gasteiger partial charge in [-0.05, 0) is 25.5 Å². The minimum absolute atomic E-state index is 0.314. The maximum atomic E-state index is 9.71. The molecule has 4 nitrogen and oxygen atoms in total. The van der Waals surface area contributed by atoms with Crippen molar-refractivity contribution in [2.45, 2.75) is 32.4 Å². The van der Waals surface area contributed by atoms with Crippen LogP contribution in [0.3, 0.4) is 0 Å². The van der Waals surface area contributed by atoms with Crippen molar-refractivity contribution < 1.29 is 9.52 Å². The van der Waals surface area contributed by atoms with Gasteiger partial charge in [-0.3, -0.25) is 0 Å². The molecule has 0 radical (unpaired) electrons. The van der Waals surface area contributed by atoms with Gasteiger partial charge in [0.2, 0.25) is 5.76 Å². The van der Waals surface area contributed by atoms with Crippen molar-refractivity contribution in [3.05, 3.63) is 23.7 Å². The van der Waals surface area contributed by atoms with Crippen molar-refractivity contribution in [1.82, 2.24) is 5.32 Å². The number of nitrogens with zero attached hydrogens (tertiary/aromatic N) is 1. The second-order valence-electron chi connectivity index (χ2n) is 3.83. The van der Waals surface area contributed by atoms with E-state index in [4.69, 9.17) is 9.68 Å². The number of furan rings is 1. The fourth-order valence-corrected chi connectivity index (χ4v) is 1.11. The first-order valence-electron chi connectivity index (χ1n) is 4.99. The highest BCUT2D eigenvalue weighted by Gasteiger charge is 2.16. The number of rotatable bonds is 5. The van der Waals surface area contributed by atoms with Gasteiger partial charge in [-0.25, -0.2) is 0 Å². The van der Waals surface area contributed by atoms with Gasteiger partial charge < -0.3 is 14.8 Å². The topological polar surface area (TPSA) is 69.2 Å². The SMILES string of the molecule is CCC(C)(O)CNCc1ccc(C#N)o1. The highest BCUT2D eigenvalue weighted by Crippen LogP contribution is 2.08. The molecule has 1 aromatic heterocycles. The molecule has 1 aromatic rings. The van der Waals surface area contributed by atoms with Crippen LogP contribution in [0.25, 0.3) is 0 Å². The Morgan fingerprint density at radius 2 is 2.33 bits per heavy atom. The molecule has 0 saturated carbocycles. The van der Waals surface area contributed by atoms with Crippen molar-refractivity contribution in [1.29, 1.82) is 5.26 Å². The summed E-state index contributed by atoms with van der Waals surface area (Å²) in [4.78, 5) is 0. The summed E-state index contributed by atoms with van der Waals surface area (Å²) in [7, 11) is 0. The van der Waals surface area contributed by atoms with E-state index in [1.807, 2.05) is 13.0 Å². The van der Waals surface area contributed by atoms with Gasteiger partial charge in [-0.15, -0.1) is 0 Å². The molecule has 82 valence electrons. The van der Waals surface area contributed by atoms with Crippen LogP contribution in [0.4, 0.5) is 0 Å². The lowest BCUT2D eigenvalue weighted by Gasteiger charge is -2.21. The van der Waals surface area contributed by atoms with Crippen LogP contribution < -0.4 is 5.32 Å². The first-order valence-corrected chi connectivity index (χ1v) is 4.99. The molecule has 1 atom stereocenters. The van der Waals surface area contributed by atoms with Crippen LogP contribution in [0, 0.1) is 11.3 Å². The fourth-order valence-electron chi connectivity index (χ4n) is 1.11. The molecule has 0 aliphatic rings. The first-order chi connectivity index (χ1) is 7.07. The molecule has 4 heteroatoms. The molecule has 0 amide bonds. The van der Waals surface area contributed by atoms with Crippen molar-refractivity contribution in [3.63, 3.8) is 0 Å². The third-order valence-corrected chi connectivity index (χ3v) is 2.34. The Balaban J connectivity index is 2.35. The van der Waals surface area contributed by atoms with Gasteiger partial charge in [-0.2, -0.15) is 5.26 Å². The second kappa shape index (κ2) is 4.96. The van der Waals surface area contributed by atoms with E-state index in [0.717, 1.165) is 0 Å². The van der Waals surface area contributed by atoms with E-state index in [1.54, 1.807) is 19.1 Å². The molecule has 2 N–H and O–H groups in total. The summed E-state index contributed by atoms with van der Waals surface area (Å²) in [5.74, 6) is 1.02. The highest BCUT2D eigenvalue weighted by molar-refractivity contribution is 5.18. The molecular weight excluding hydrogens is 192 g/mol. The Morgan fingerprint density at radius 1 is 1.60 bits per heavy atom. The molecule has 1 rings (SSSR count). The van der Waals surface area contributed by atoms with Crippen LogP contribution in [-0.4, -0.2) is 17.3 Å². The van der Waals surface area contributed by atoms with Crippen LogP contribution in [0.15, 0.2) is 16.5 Å². The summed E-state index contributed by atoms with van der Waals surface area (Å²) in [6, 6.07) is 5.31. The Bertz CT molecular complexity index is 350. The lowest BCUT2D eigenvalue weighted by atomic mass is 10.0. The number of nitriles is 1. The molecule has 0 fully saturated rings. The Kier molecular flexibility index (Phi) is 3.89. The standard InChI is InChI=1S/C11H16N2O2/c1-3-11(2,14)8-13-7-10-5-4-9(6-12)15-10/h4-5,13-14H,3,7-8H2,1-2H3. The van der Waals surface area contributed by atoms with Gasteiger partial charge in [0.05, 0.1) is 12.1 Å². The zero-order valence-corrected chi connectivity index (χ0v) is 9.08. The average molecular weight is 208 g/mol. The maximum Gasteiger partial charge on any atom is 0.203 e. The van der Waals surface area contributed by atoms with E-state index in [2.05, 4.69) is 5.32 Å². The summed E-state index contributed by atoms with van der Waals surface area (Å²) in [5, 5.41) is 21.3. The van der Waals surface area contributed by atoms with Gasteiger partial charge in [0.1, 0.15) is 11.8 Å². The van der Waals surface area contributed by atoms with E-state index >= 15 is 0 Å². The van der Waals surface area contributed by atoms with Gasteiger partial charge >= 0.3 is 0 Å². The molecular formula is C11H16N2O2. The largest absolute Gasteiger partial charge is 0.449 e. The molecule has 1 heterocycles. The quantitative estimate of drug-likeness (QED) is 0.767. The predicted molar refractivity (Wildman–Crippen MR) is 56.0 cm³/mol. The molecule has 0 bridgehead atoms. The van der Waals surface area contributed by atoms with Crippen molar-refractivity contribution in [3.8, 4) is 6.07 Å². The van der Waals surface area contributed by atoms with E-state index in [0.29, 0.717) is 31.0 Å². The fraction of sp³-hybridized carbons (Fsp3) is 0.545. The smallest absolute Gasteiger partial charge is 0.203 e. The predicted octanol–water partition coefficient (Wildman–Crippen LogP) is 1.40. The van der Waals surface area contributed by atoms with E-state index in [1.165, 1.54) is 0 Å². The van der Waals surface area contributed by atoms with E-state index in [-0.39, 0.29) is 0 Å². The van der Waals surface area contributed by atoms with Crippen molar-refractivity contribution in [2.75, 3.05) is 6.54 Å². The third kappa shape index (κ3) is 3.74. The van der Waals surface area contributed by atoms with E-state index in [9.17, 15) is 5.11 Å². The zero-order chi connectivity index (χ0) is 11.3. The summed E-state index contributed by atoms with van der Waals surface area (Å²) in [6.07, 6.45) is 0.696. The Labute approximate surface area is 89.5 Å². The van der Waals surface area contributed by atoms with Crippen LogP contribution in [0.1, 0.15) is 31.8 Å². The summed E-state index contributed by atoms with van der Waals surface area (Å²) in [5.41, 5.74) is -0.690. The maximum absolute atomic E-state index is 9.71. The highest BCUT2D eigenvalue weighted by atomic mass is 16.3. The van der Waals surface area contributed by atoms with Crippen molar-refractivity contribution >= 4 is 0 Å². The lowest BCUT2D eigenvalue weighted by Crippen LogP contribution is -2.36. The first kappa shape index (κ1) is 11.8. The van der Waals surface area contributed by atoms with Crippen LogP contribution >= 0.6 is 0 Å².